The van der Waals surface area contributed by atoms with E-state index in [-0.39, 0.29) is 12.0 Å². The minimum atomic E-state index is -1.66. The van der Waals surface area contributed by atoms with Crippen molar-refractivity contribution < 1.29 is 13.9 Å². The first-order valence-corrected chi connectivity index (χ1v) is 11.9. The van der Waals surface area contributed by atoms with Crippen LogP contribution in [-0.4, -0.2) is 28.1 Å². The third-order valence-electron chi connectivity index (χ3n) is 5.10. The summed E-state index contributed by atoms with van der Waals surface area (Å²) in [7, 11) is 0.0125. The van der Waals surface area contributed by atoms with E-state index in [1.807, 2.05) is 24.3 Å². The van der Waals surface area contributed by atoms with Crippen molar-refractivity contribution in [3.05, 3.63) is 29.8 Å². The molecule has 0 N–H and O–H groups in total. The molecule has 0 aromatic heterocycles. The van der Waals surface area contributed by atoms with Crippen molar-refractivity contribution in [2.75, 3.05) is 13.7 Å². The molecule has 1 aromatic rings. The zero-order chi connectivity index (χ0) is 18.7. The lowest BCUT2D eigenvalue weighted by atomic mass is 10.0. The van der Waals surface area contributed by atoms with E-state index in [0.29, 0.717) is 19.6 Å². The first kappa shape index (κ1) is 21.8. The van der Waals surface area contributed by atoms with Gasteiger partial charge in [-0.25, -0.2) is 0 Å². The van der Waals surface area contributed by atoms with Gasteiger partial charge in [-0.2, -0.15) is 0 Å². The summed E-state index contributed by atoms with van der Waals surface area (Å²) in [6.07, 6.45) is 6.33. The number of methoxy groups -OCH3 is 1. The third kappa shape index (κ3) is 6.85. The van der Waals surface area contributed by atoms with E-state index in [2.05, 4.69) is 33.6 Å². The smallest absolute Gasteiger partial charge is 0.192 e. The molecule has 140 valence electrons. The maximum atomic E-state index is 6.62. The highest BCUT2D eigenvalue weighted by atomic mass is 28.4. The van der Waals surface area contributed by atoms with Crippen LogP contribution < -0.4 is 4.74 Å². The third-order valence-corrected chi connectivity index (χ3v) is 9.77. The first-order chi connectivity index (χ1) is 12.0. The summed E-state index contributed by atoms with van der Waals surface area (Å²) in [4.78, 5) is 0. The molecule has 0 aliphatic heterocycles. The van der Waals surface area contributed by atoms with E-state index in [9.17, 15) is 0 Å². The Morgan fingerprint density at radius 1 is 1.08 bits per heavy atom. The standard InChI is InChI=1S/C21H34O3Si/c1-7-11-21(24-25(8-2,9-3)10-4)18(5)16-23-17-19-12-14-20(22-6)15-13-19/h1,12-15,18,21H,8-11,16-17H2,2-6H3/t18-,21+/m1/s1. The summed E-state index contributed by atoms with van der Waals surface area (Å²) < 4.78 is 17.7. The van der Waals surface area contributed by atoms with Crippen LogP contribution in [0, 0.1) is 18.3 Å². The largest absolute Gasteiger partial charge is 0.497 e. The van der Waals surface area contributed by atoms with Gasteiger partial charge in [-0.15, -0.1) is 12.3 Å². The molecule has 0 bridgehead atoms. The minimum Gasteiger partial charge on any atom is -0.497 e. The second-order valence-corrected chi connectivity index (χ2v) is 11.4. The molecule has 0 heterocycles. The van der Waals surface area contributed by atoms with Crippen LogP contribution in [0.2, 0.25) is 18.1 Å². The molecule has 0 aliphatic rings. The second-order valence-electron chi connectivity index (χ2n) is 6.65. The van der Waals surface area contributed by atoms with Crippen molar-refractivity contribution in [1.82, 2.24) is 0 Å². The molecule has 1 rings (SSSR count). The van der Waals surface area contributed by atoms with Gasteiger partial charge in [0.25, 0.3) is 0 Å². The highest BCUT2D eigenvalue weighted by Crippen LogP contribution is 2.27. The molecule has 0 spiro atoms. The van der Waals surface area contributed by atoms with Crippen LogP contribution in [0.15, 0.2) is 24.3 Å². The highest BCUT2D eigenvalue weighted by Gasteiger charge is 2.33. The molecular formula is C21H34O3Si. The second kappa shape index (κ2) is 11.4. The van der Waals surface area contributed by atoms with Gasteiger partial charge in [-0.1, -0.05) is 39.8 Å². The Balaban J connectivity index is 2.57. The maximum absolute atomic E-state index is 6.62. The topological polar surface area (TPSA) is 27.7 Å². The fourth-order valence-electron chi connectivity index (χ4n) is 2.99. The molecule has 0 saturated heterocycles. The average molecular weight is 363 g/mol. The van der Waals surface area contributed by atoms with Gasteiger partial charge in [0.2, 0.25) is 0 Å². The number of rotatable bonds is 12. The normalized spacial score (nSPS) is 13.9. The van der Waals surface area contributed by atoms with Crippen LogP contribution in [-0.2, 0) is 15.8 Å². The molecule has 0 fully saturated rings. The number of hydrogen-bond acceptors (Lipinski definition) is 3. The van der Waals surface area contributed by atoms with Crippen LogP contribution in [0.1, 0.15) is 39.7 Å². The van der Waals surface area contributed by atoms with E-state index in [1.54, 1.807) is 7.11 Å². The monoisotopic (exact) mass is 362 g/mol. The van der Waals surface area contributed by atoms with Crippen LogP contribution in [0.5, 0.6) is 5.75 Å². The predicted octanol–water partition coefficient (Wildman–Crippen LogP) is 5.26. The minimum absolute atomic E-state index is 0.0902. The number of benzene rings is 1. The van der Waals surface area contributed by atoms with Gasteiger partial charge < -0.3 is 13.9 Å². The quantitative estimate of drug-likeness (QED) is 0.375. The zero-order valence-electron chi connectivity index (χ0n) is 16.5. The molecule has 1 aromatic carbocycles. The Morgan fingerprint density at radius 2 is 1.68 bits per heavy atom. The van der Waals surface area contributed by atoms with Crippen molar-refractivity contribution in [3.63, 3.8) is 0 Å². The average Bonchev–Trinajstić information content (AvgIpc) is 2.66. The van der Waals surface area contributed by atoms with Gasteiger partial charge in [-0.05, 0) is 35.8 Å². The molecule has 25 heavy (non-hydrogen) atoms. The van der Waals surface area contributed by atoms with Gasteiger partial charge in [0.1, 0.15) is 5.75 Å². The summed E-state index contributed by atoms with van der Waals surface area (Å²) in [6, 6.07) is 11.4. The molecule has 0 saturated carbocycles. The summed E-state index contributed by atoms with van der Waals surface area (Å²) in [5.74, 6) is 3.94. The maximum Gasteiger partial charge on any atom is 0.192 e. The molecule has 0 amide bonds. The van der Waals surface area contributed by atoms with Crippen molar-refractivity contribution >= 4 is 8.32 Å². The summed E-state index contributed by atoms with van der Waals surface area (Å²) in [5.41, 5.74) is 1.14. The van der Waals surface area contributed by atoms with Crippen LogP contribution >= 0.6 is 0 Å². The SMILES string of the molecule is C#CC[C@H](O[Si](CC)(CC)CC)[C@H](C)COCc1ccc(OC)cc1. The zero-order valence-corrected chi connectivity index (χ0v) is 17.5. The van der Waals surface area contributed by atoms with E-state index in [0.717, 1.165) is 29.4 Å². The van der Waals surface area contributed by atoms with Crippen molar-refractivity contribution in [2.24, 2.45) is 5.92 Å². The first-order valence-electron chi connectivity index (χ1n) is 9.36. The van der Waals surface area contributed by atoms with Gasteiger partial charge in [0.15, 0.2) is 8.32 Å². The number of ether oxygens (including phenoxy) is 2. The highest BCUT2D eigenvalue weighted by molar-refractivity contribution is 6.73. The number of terminal acetylenes is 1. The van der Waals surface area contributed by atoms with Gasteiger partial charge in [0, 0.05) is 12.3 Å². The Morgan fingerprint density at radius 3 is 2.16 bits per heavy atom. The lowest BCUT2D eigenvalue weighted by Gasteiger charge is -2.35. The van der Waals surface area contributed by atoms with Crippen LogP contribution in [0.4, 0.5) is 0 Å². The summed E-state index contributed by atoms with van der Waals surface area (Å²) >= 11 is 0. The van der Waals surface area contributed by atoms with E-state index < -0.39 is 8.32 Å². The molecule has 3 nitrogen and oxygen atoms in total. The van der Waals surface area contributed by atoms with Gasteiger partial charge >= 0.3 is 0 Å². The van der Waals surface area contributed by atoms with E-state index in [4.69, 9.17) is 20.3 Å². The number of hydrogen-bond donors (Lipinski definition) is 0. The molecule has 0 radical (unpaired) electrons. The Bertz CT molecular complexity index is 509. The van der Waals surface area contributed by atoms with Crippen molar-refractivity contribution in [1.29, 1.82) is 0 Å². The Hall–Kier alpha value is -1.28. The lowest BCUT2D eigenvalue weighted by molar-refractivity contribution is 0.0370. The fraction of sp³-hybridized carbons (Fsp3) is 0.619. The molecule has 0 unspecified atom stereocenters. The van der Waals surface area contributed by atoms with Gasteiger partial charge in [0.05, 0.1) is 26.4 Å². The predicted molar refractivity (Wildman–Crippen MR) is 107 cm³/mol. The van der Waals surface area contributed by atoms with Crippen molar-refractivity contribution in [3.8, 4) is 18.1 Å². The summed E-state index contributed by atoms with van der Waals surface area (Å²) in [5, 5.41) is 0. The Labute approximate surface area is 155 Å². The lowest BCUT2D eigenvalue weighted by Crippen LogP contribution is -2.42. The van der Waals surface area contributed by atoms with E-state index in [1.165, 1.54) is 0 Å². The Kier molecular flexibility index (Phi) is 9.88. The molecule has 2 atom stereocenters. The summed E-state index contributed by atoms with van der Waals surface area (Å²) in [6.45, 7) is 10.2. The van der Waals surface area contributed by atoms with E-state index >= 15 is 0 Å². The van der Waals surface area contributed by atoms with Crippen LogP contribution in [0.3, 0.4) is 0 Å². The fourth-order valence-corrected chi connectivity index (χ4v) is 5.95. The van der Waals surface area contributed by atoms with Gasteiger partial charge in [-0.3, -0.25) is 0 Å². The molecular weight excluding hydrogens is 328 g/mol. The molecule has 0 aliphatic carbocycles. The molecule has 4 heteroatoms. The van der Waals surface area contributed by atoms with Crippen LogP contribution in [0.25, 0.3) is 0 Å². The van der Waals surface area contributed by atoms with Crippen molar-refractivity contribution in [2.45, 2.75) is 65.0 Å².